The fraction of sp³-hybridized carbons (Fsp3) is 1.00. The van der Waals surface area contributed by atoms with Crippen LogP contribution in [0.1, 0.15) is 26.7 Å². The molecular formula is C14H30N2O3. The molecule has 1 rings (SSSR count). The summed E-state index contributed by atoms with van der Waals surface area (Å²) in [5.41, 5.74) is 0. The van der Waals surface area contributed by atoms with Gasteiger partial charge in [0.25, 0.3) is 0 Å². The molecule has 0 radical (unpaired) electrons. The topological polar surface area (TPSA) is 54.0 Å². The van der Waals surface area contributed by atoms with Gasteiger partial charge in [0.15, 0.2) is 0 Å². The van der Waals surface area contributed by atoms with Gasteiger partial charge in [-0.15, -0.1) is 0 Å². The number of rotatable bonds is 9. The first-order chi connectivity index (χ1) is 9.21. The molecule has 1 aliphatic heterocycles. The Bertz CT molecular complexity index is 229. The number of aliphatic hydroxyl groups is 1. The van der Waals surface area contributed by atoms with Crippen molar-refractivity contribution in [2.75, 3.05) is 46.6 Å². The summed E-state index contributed by atoms with van der Waals surface area (Å²) >= 11 is 0. The van der Waals surface area contributed by atoms with Crippen LogP contribution in [0.5, 0.6) is 0 Å². The molecule has 0 aliphatic carbocycles. The molecule has 0 amide bonds. The van der Waals surface area contributed by atoms with E-state index in [0.29, 0.717) is 38.4 Å². The SMILES string of the molecule is CCC1CN(CC(O)COCCOC)C(CC)CN1. The number of β-amino-alcohol motifs (C(OH)–C–C–N with tert-alkyl or cyclic N) is 1. The Morgan fingerprint density at radius 1 is 1.32 bits per heavy atom. The van der Waals surface area contributed by atoms with E-state index in [9.17, 15) is 5.11 Å². The molecular weight excluding hydrogens is 244 g/mol. The molecule has 114 valence electrons. The number of hydrogen-bond donors (Lipinski definition) is 2. The Hall–Kier alpha value is -0.200. The van der Waals surface area contributed by atoms with Gasteiger partial charge in [-0.2, -0.15) is 0 Å². The largest absolute Gasteiger partial charge is 0.389 e. The van der Waals surface area contributed by atoms with Crippen LogP contribution < -0.4 is 5.32 Å². The van der Waals surface area contributed by atoms with Crippen LogP contribution in [0.4, 0.5) is 0 Å². The van der Waals surface area contributed by atoms with E-state index in [2.05, 4.69) is 24.1 Å². The van der Waals surface area contributed by atoms with Crippen molar-refractivity contribution in [3.63, 3.8) is 0 Å². The molecule has 0 aromatic rings. The van der Waals surface area contributed by atoms with E-state index in [1.165, 1.54) is 0 Å². The zero-order valence-electron chi connectivity index (χ0n) is 12.6. The van der Waals surface area contributed by atoms with Gasteiger partial charge in [0, 0.05) is 38.8 Å². The summed E-state index contributed by atoms with van der Waals surface area (Å²) in [6.07, 6.45) is 1.83. The Morgan fingerprint density at radius 2 is 2.11 bits per heavy atom. The van der Waals surface area contributed by atoms with Gasteiger partial charge in [0.05, 0.1) is 25.9 Å². The zero-order valence-corrected chi connectivity index (χ0v) is 12.6. The molecule has 19 heavy (non-hydrogen) atoms. The highest BCUT2D eigenvalue weighted by Gasteiger charge is 2.27. The van der Waals surface area contributed by atoms with Crippen molar-refractivity contribution in [2.24, 2.45) is 0 Å². The predicted molar refractivity (Wildman–Crippen MR) is 76.4 cm³/mol. The summed E-state index contributed by atoms with van der Waals surface area (Å²) in [7, 11) is 1.65. The first-order valence-corrected chi connectivity index (χ1v) is 7.43. The van der Waals surface area contributed by atoms with E-state index >= 15 is 0 Å². The maximum Gasteiger partial charge on any atom is 0.0900 e. The molecule has 0 saturated carbocycles. The minimum atomic E-state index is -0.415. The summed E-state index contributed by atoms with van der Waals surface area (Å²) in [6, 6.07) is 1.07. The molecule has 1 fully saturated rings. The average Bonchev–Trinajstić information content (AvgIpc) is 2.43. The highest BCUT2D eigenvalue weighted by atomic mass is 16.5. The molecule has 1 aliphatic rings. The third kappa shape index (κ3) is 6.19. The molecule has 2 N–H and O–H groups in total. The highest BCUT2D eigenvalue weighted by molar-refractivity contribution is 4.85. The minimum absolute atomic E-state index is 0.389. The molecule has 1 saturated heterocycles. The molecule has 0 aromatic carbocycles. The van der Waals surface area contributed by atoms with Crippen LogP contribution >= 0.6 is 0 Å². The standard InChI is InChI=1S/C14H30N2O3/c1-4-12-9-16(13(5-2)8-15-12)10-14(17)11-19-7-6-18-3/h12-15,17H,4-11H2,1-3H3. The Morgan fingerprint density at radius 3 is 2.74 bits per heavy atom. The number of methoxy groups -OCH3 is 1. The average molecular weight is 274 g/mol. The Kier molecular flexibility index (Phi) is 8.57. The summed E-state index contributed by atoms with van der Waals surface area (Å²) in [4.78, 5) is 2.40. The molecule has 0 spiro atoms. The first kappa shape index (κ1) is 16.9. The second-order valence-electron chi connectivity index (χ2n) is 5.25. The lowest BCUT2D eigenvalue weighted by molar-refractivity contribution is -0.0130. The Labute approximate surface area is 117 Å². The van der Waals surface area contributed by atoms with Crippen LogP contribution in [0.25, 0.3) is 0 Å². The molecule has 0 aromatic heterocycles. The van der Waals surface area contributed by atoms with Gasteiger partial charge in [0.2, 0.25) is 0 Å². The van der Waals surface area contributed by atoms with Crippen molar-refractivity contribution in [3.8, 4) is 0 Å². The molecule has 3 unspecified atom stereocenters. The van der Waals surface area contributed by atoms with Gasteiger partial charge in [-0.05, 0) is 12.8 Å². The highest BCUT2D eigenvalue weighted by Crippen LogP contribution is 2.12. The van der Waals surface area contributed by atoms with E-state index in [1.54, 1.807) is 7.11 Å². The number of aliphatic hydroxyl groups excluding tert-OH is 1. The van der Waals surface area contributed by atoms with E-state index in [-0.39, 0.29) is 0 Å². The number of nitrogens with one attached hydrogen (secondary N) is 1. The van der Waals surface area contributed by atoms with Crippen molar-refractivity contribution in [3.05, 3.63) is 0 Å². The second-order valence-corrected chi connectivity index (χ2v) is 5.25. The van der Waals surface area contributed by atoms with Crippen LogP contribution in [0.2, 0.25) is 0 Å². The van der Waals surface area contributed by atoms with E-state index < -0.39 is 6.10 Å². The van der Waals surface area contributed by atoms with Crippen molar-refractivity contribution >= 4 is 0 Å². The molecule has 5 nitrogen and oxygen atoms in total. The van der Waals surface area contributed by atoms with E-state index in [1.807, 2.05) is 0 Å². The lowest BCUT2D eigenvalue weighted by atomic mass is 10.0. The van der Waals surface area contributed by atoms with Gasteiger partial charge < -0.3 is 19.9 Å². The number of nitrogens with zero attached hydrogens (tertiary/aromatic N) is 1. The molecule has 1 heterocycles. The lowest BCUT2D eigenvalue weighted by Gasteiger charge is -2.40. The third-order valence-electron chi connectivity index (χ3n) is 3.76. The van der Waals surface area contributed by atoms with Crippen LogP contribution in [-0.2, 0) is 9.47 Å². The maximum absolute atomic E-state index is 10.0. The van der Waals surface area contributed by atoms with Gasteiger partial charge in [-0.3, -0.25) is 4.90 Å². The summed E-state index contributed by atoms with van der Waals surface area (Å²) in [5.74, 6) is 0. The predicted octanol–water partition coefficient (Wildman–Crippen LogP) is 0.473. The monoisotopic (exact) mass is 274 g/mol. The molecule has 5 heteroatoms. The summed E-state index contributed by atoms with van der Waals surface area (Å²) < 4.78 is 10.3. The van der Waals surface area contributed by atoms with Gasteiger partial charge in [0.1, 0.15) is 0 Å². The molecule has 3 atom stereocenters. The lowest BCUT2D eigenvalue weighted by Crippen LogP contribution is -2.57. The second kappa shape index (κ2) is 9.66. The number of hydrogen-bond acceptors (Lipinski definition) is 5. The van der Waals surface area contributed by atoms with Gasteiger partial charge in [-0.25, -0.2) is 0 Å². The summed E-state index contributed by atoms with van der Waals surface area (Å²) in [6.45, 7) is 8.65. The zero-order chi connectivity index (χ0) is 14.1. The fourth-order valence-corrected chi connectivity index (χ4v) is 2.51. The quantitative estimate of drug-likeness (QED) is 0.599. The van der Waals surface area contributed by atoms with E-state index in [4.69, 9.17) is 9.47 Å². The maximum atomic E-state index is 10.0. The van der Waals surface area contributed by atoms with Gasteiger partial charge >= 0.3 is 0 Å². The minimum Gasteiger partial charge on any atom is -0.389 e. The van der Waals surface area contributed by atoms with Crippen LogP contribution in [0, 0.1) is 0 Å². The number of ether oxygens (including phenoxy) is 2. The van der Waals surface area contributed by atoms with E-state index in [0.717, 1.165) is 25.9 Å². The summed E-state index contributed by atoms with van der Waals surface area (Å²) in [5, 5.41) is 13.6. The third-order valence-corrected chi connectivity index (χ3v) is 3.76. The fourth-order valence-electron chi connectivity index (χ4n) is 2.51. The molecule has 0 bridgehead atoms. The van der Waals surface area contributed by atoms with Crippen LogP contribution in [0.3, 0.4) is 0 Å². The van der Waals surface area contributed by atoms with Crippen molar-refractivity contribution in [1.29, 1.82) is 0 Å². The first-order valence-electron chi connectivity index (χ1n) is 7.43. The normalized spacial score (nSPS) is 26.5. The van der Waals surface area contributed by atoms with Crippen LogP contribution in [-0.4, -0.2) is 74.8 Å². The van der Waals surface area contributed by atoms with Crippen molar-refractivity contribution < 1.29 is 14.6 Å². The smallest absolute Gasteiger partial charge is 0.0900 e. The van der Waals surface area contributed by atoms with Crippen molar-refractivity contribution in [1.82, 2.24) is 10.2 Å². The Balaban J connectivity index is 2.30. The number of piperazine rings is 1. The van der Waals surface area contributed by atoms with Crippen LogP contribution in [0.15, 0.2) is 0 Å². The van der Waals surface area contributed by atoms with Crippen molar-refractivity contribution in [2.45, 2.75) is 44.9 Å². The van der Waals surface area contributed by atoms with Gasteiger partial charge in [-0.1, -0.05) is 13.8 Å².